The van der Waals surface area contributed by atoms with Crippen LogP contribution in [0.2, 0.25) is 0 Å². The van der Waals surface area contributed by atoms with E-state index in [-0.39, 0.29) is 11.6 Å². The van der Waals surface area contributed by atoms with Crippen molar-refractivity contribution in [2.24, 2.45) is 0 Å². The van der Waals surface area contributed by atoms with Crippen LogP contribution in [0, 0.1) is 11.6 Å². The molecule has 0 amide bonds. The van der Waals surface area contributed by atoms with Crippen molar-refractivity contribution in [3.05, 3.63) is 48.4 Å². The van der Waals surface area contributed by atoms with E-state index < -0.39 is 11.6 Å². The number of aromatic nitrogens is 3. The highest BCUT2D eigenvalue weighted by atomic mass is 19.2. The van der Waals surface area contributed by atoms with Gasteiger partial charge in [0, 0.05) is 19.4 Å². The number of rotatable bonds is 3. The van der Waals surface area contributed by atoms with Crippen molar-refractivity contribution < 1.29 is 13.5 Å². The molecule has 2 heterocycles. The standard InChI is InChI=1S/C13H10F2N4O/c1-16-10-7-19-6-5-17-12(19)13(18-10)20-9-4-2-3-8(14)11(9)15/h2-7,16H,1H3. The van der Waals surface area contributed by atoms with Crippen LogP contribution in [0.25, 0.3) is 5.65 Å². The number of halogens is 2. The summed E-state index contributed by atoms with van der Waals surface area (Å²) >= 11 is 0. The number of nitrogens with one attached hydrogen (secondary N) is 1. The van der Waals surface area contributed by atoms with Crippen molar-refractivity contribution in [1.29, 1.82) is 0 Å². The third kappa shape index (κ3) is 2.03. The van der Waals surface area contributed by atoms with Gasteiger partial charge in [-0.05, 0) is 12.1 Å². The van der Waals surface area contributed by atoms with Crippen molar-refractivity contribution in [2.75, 3.05) is 12.4 Å². The van der Waals surface area contributed by atoms with Gasteiger partial charge in [-0.2, -0.15) is 9.37 Å². The van der Waals surface area contributed by atoms with Gasteiger partial charge in [-0.15, -0.1) is 0 Å². The molecular weight excluding hydrogens is 266 g/mol. The molecular formula is C13H10F2N4O. The molecule has 102 valence electrons. The zero-order valence-electron chi connectivity index (χ0n) is 10.5. The predicted molar refractivity (Wildman–Crippen MR) is 69.0 cm³/mol. The first-order chi connectivity index (χ1) is 9.69. The number of fused-ring (bicyclic) bond motifs is 1. The monoisotopic (exact) mass is 276 g/mol. The molecule has 5 nitrogen and oxygen atoms in total. The van der Waals surface area contributed by atoms with Crippen LogP contribution < -0.4 is 10.1 Å². The molecule has 0 saturated heterocycles. The van der Waals surface area contributed by atoms with Gasteiger partial charge >= 0.3 is 0 Å². The van der Waals surface area contributed by atoms with Crippen molar-refractivity contribution in [1.82, 2.24) is 14.4 Å². The van der Waals surface area contributed by atoms with E-state index in [4.69, 9.17) is 4.74 Å². The highest BCUT2D eigenvalue weighted by Crippen LogP contribution is 2.27. The summed E-state index contributed by atoms with van der Waals surface area (Å²) in [6.07, 6.45) is 4.97. The second-order valence-corrected chi connectivity index (χ2v) is 3.99. The molecule has 0 aliphatic rings. The lowest BCUT2D eigenvalue weighted by Gasteiger charge is -2.09. The number of ether oxygens (including phenoxy) is 1. The quantitative estimate of drug-likeness (QED) is 0.799. The van der Waals surface area contributed by atoms with Gasteiger partial charge < -0.3 is 10.1 Å². The van der Waals surface area contributed by atoms with Gasteiger partial charge in [0.1, 0.15) is 5.82 Å². The minimum absolute atomic E-state index is 0.0892. The minimum atomic E-state index is -1.06. The molecule has 0 aliphatic carbocycles. The molecule has 7 heteroatoms. The van der Waals surface area contributed by atoms with Crippen molar-refractivity contribution in [3.63, 3.8) is 0 Å². The van der Waals surface area contributed by atoms with Gasteiger partial charge in [-0.1, -0.05) is 6.07 Å². The van der Waals surface area contributed by atoms with Gasteiger partial charge in [-0.25, -0.2) is 9.37 Å². The average Bonchev–Trinajstić information content (AvgIpc) is 2.92. The second-order valence-electron chi connectivity index (χ2n) is 3.99. The van der Waals surface area contributed by atoms with Crippen LogP contribution in [0.3, 0.4) is 0 Å². The fraction of sp³-hybridized carbons (Fsp3) is 0.0769. The maximum absolute atomic E-state index is 13.6. The summed E-state index contributed by atoms with van der Waals surface area (Å²) in [6, 6.07) is 3.70. The maximum Gasteiger partial charge on any atom is 0.265 e. The number of nitrogens with zero attached hydrogens (tertiary/aromatic N) is 3. The smallest absolute Gasteiger partial charge is 0.265 e. The van der Waals surface area contributed by atoms with E-state index in [1.165, 1.54) is 12.1 Å². The van der Waals surface area contributed by atoms with Crippen molar-refractivity contribution in [3.8, 4) is 11.6 Å². The van der Waals surface area contributed by atoms with Crippen LogP contribution in [0.4, 0.5) is 14.6 Å². The lowest BCUT2D eigenvalue weighted by atomic mass is 10.3. The largest absolute Gasteiger partial charge is 0.433 e. The number of anilines is 1. The van der Waals surface area contributed by atoms with E-state index in [1.54, 1.807) is 30.0 Å². The van der Waals surface area contributed by atoms with Gasteiger partial charge in [0.2, 0.25) is 11.5 Å². The third-order valence-electron chi connectivity index (χ3n) is 2.72. The zero-order chi connectivity index (χ0) is 14.1. The van der Waals surface area contributed by atoms with Crippen molar-refractivity contribution >= 4 is 11.5 Å². The van der Waals surface area contributed by atoms with Crippen LogP contribution >= 0.6 is 0 Å². The Kier molecular flexibility index (Phi) is 2.94. The van der Waals surface area contributed by atoms with Crippen LogP contribution in [-0.4, -0.2) is 21.4 Å². The van der Waals surface area contributed by atoms with Gasteiger partial charge in [0.25, 0.3) is 5.88 Å². The second kappa shape index (κ2) is 4.76. The lowest BCUT2D eigenvalue weighted by Crippen LogP contribution is -2.01. The Bertz CT molecular complexity index is 772. The molecule has 3 rings (SSSR count). The molecule has 0 radical (unpaired) electrons. The molecule has 3 aromatic rings. The maximum atomic E-state index is 13.6. The first-order valence-corrected chi connectivity index (χ1v) is 5.82. The van der Waals surface area contributed by atoms with E-state index in [0.29, 0.717) is 11.5 Å². The summed E-state index contributed by atoms with van der Waals surface area (Å²) in [5.74, 6) is -1.68. The Morgan fingerprint density at radius 2 is 2.15 bits per heavy atom. The van der Waals surface area contributed by atoms with Gasteiger partial charge in [0.05, 0.1) is 6.20 Å². The molecule has 0 fully saturated rings. The van der Waals surface area contributed by atoms with Gasteiger partial charge in [-0.3, -0.25) is 4.40 Å². The third-order valence-corrected chi connectivity index (χ3v) is 2.72. The fourth-order valence-electron chi connectivity index (χ4n) is 1.76. The minimum Gasteiger partial charge on any atom is -0.433 e. The molecule has 0 saturated carbocycles. The van der Waals surface area contributed by atoms with E-state index in [0.717, 1.165) is 6.07 Å². The number of imidazole rings is 1. The van der Waals surface area contributed by atoms with E-state index in [1.807, 2.05) is 0 Å². The van der Waals surface area contributed by atoms with E-state index in [9.17, 15) is 8.78 Å². The molecule has 0 bridgehead atoms. The molecule has 2 aromatic heterocycles. The molecule has 1 aromatic carbocycles. The molecule has 1 N–H and O–H groups in total. The molecule has 0 unspecified atom stereocenters. The highest BCUT2D eigenvalue weighted by molar-refractivity contribution is 5.55. The van der Waals surface area contributed by atoms with E-state index in [2.05, 4.69) is 15.3 Å². The Labute approximate surface area is 112 Å². The molecule has 0 atom stereocenters. The average molecular weight is 276 g/mol. The summed E-state index contributed by atoms with van der Waals surface area (Å²) in [4.78, 5) is 8.23. The number of hydrogen-bond donors (Lipinski definition) is 1. The number of benzene rings is 1. The summed E-state index contributed by atoms with van der Waals surface area (Å²) in [5.41, 5.74) is 0.410. The molecule has 0 aliphatic heterocycles. The number of hydrogen-bond acceptors (Lipinski definition) is 4. The summed E-state index contributed by atoms with van der Waals surface area (Å²) < 4.78 is 33.8. The zero-order valence-corrected chi connectivity index (χ0v) is 10.5. The first kappa shape index (κ1) is 12.3. The summed E-state index contributed by atoms with van der Waals surface area (Å²) in [6.45, 7) is 0. The Hall–Kier alpha value is -2.70. The normalized spacial score (nSPS) is 10.8. The molecule has 20 heavy (non-hydrogen) atoms. The van der Waals surface area contributed by atoms with Crippen LogP contribution in [0.1, 0.15) is 0 Å². The Balaban J connectivity index is 2.10. The first-order valence-electron chi connectivity index (χ1n) is 5.82. The fourth-order valence-corrected chi connectivity index (χ4v) is 1.76. The van der Waals surface area contributed by atoms with Crippen LogP contribution in [0.15, 0.2) is 36.8 Å². The highest BCUT2D eigenvalue weighted by Gasteiger charge is 2.14. The molecule has 0 spiro atoms. The van der Waals surface area contributed by atoms with Crippen LogP contribution in [-0.2, 0) is 0 Å². The van der Waals surface area contributed by atoms with Crippen molar-refractivity contribution in [2.45, 2.75) is 0 Å². The summed E-state index contributed by atoms with van der Waals surface area (Å²) in [7, 11) is 1.69. The van der Waals surface area contributed by atoms with Crippen LogP contribution in [0.5, 0.6) is 11.6 Å². The Morgan fingerprint density at radius 3 is 2.95 bits per heavy atom. The predicted octanol–water partition coefficient (Wildman–Crippen LogP) is 2.84. The van der Waals surface area contributed by atoms with E-state index >= 15 is 0 Å². The Morgan fingerprint density at radius 1 is 1.30 bits per heavy atom. The SMILES string of the molecule is CNc1cn2ccnc2c(Oc2cccc(F)c2F)n1. The van der Waals surface area contributed by atoms with Gasteiger partial charge in [0.15, 0.2) is 11.6 Å². The summed E-state index contributed by atoms with van der Waals surface area (Å²) in [5, 5.41) is 2.85. The topological polar surface area (TPSA) is 51.5 Å². The lowest BCUT2D eigenvalue weighted by molar-refractivity contribution is 0.407.